The van der Waals surface area contributed by atoms with Crippen molar-refractivity contribution < 1.29 is 29.7 Å². The average molecular weight is 584 g/mol. The second-order valence-corrected chi connectivity index (χ2v) is 13.0. The second-order valence-electron chi connectivity index (χ2n) is 6.82. The standard InChI is InChI=1S/C17H33N3P2.2CO.Re/c1-12(2)21(13(3)4)19-16-10-9-11-17(18-16)20-22(14(5)6)15(7)8;2*1-2;/h9-15H,1-8H3,(H2,18,19,20);;;. The van der Waals surface area contributed by atoms with E-state index in [9.17, 15) is 0 Å². The number of hydrogen-bond donors (Lipinski definition) is 2. The molecule has 0 aromatic carbocycles. The van der Waals surface area contributed by atoms with E-state index in [-0.39, 0.29) is 36.6 Å². The van der Waals surface area contributed by atoms with Gasteiger partial charge in [-0.15, -0.1) is 0 Å². The predicted octanol–water partition coefficient (Wildman–Crippen LogP) is 6.26. The largest absolute Gasteiger partial charge is 0 e. The van der Waals surface area contributed by atoms with Gasteiger partial charge in [0, 0.05) is 20.4 Å². The van der Waals surface area contributed by atoms with Crippen molar-refractivity contribution in [3.63, 3.8) is 0 Å². The Bertz CT molecular complexity index is 479. The van der Waals surface area contributed by atoms with Crippen LogP contribution in [0.4, 0.5) is 11.6 Å². The molecular formula is C19H33N3O2P2Re. The maximum atomic E-state index is 7.50. The van der Waals surface area contributed by atoms with Crippen LogP contribution in [0.1, 0.15) is 55.4 Å². The maximum absolute atomic E-state index is 7.50. The zero-order valence-corrected chi connectivity index (χ0v) is 22.1. The van der Waals surface area contributed by atoms with Gasteiger partial charge < -0.3 is 10.2 Å². The number of anilines is 2. The summed E-state index contributed by atoms with van der Waals surface area (Å²) in [6, 6.07) is 6.26. The summed E-state index contributed by atoms with van der Waals surface area (Å²) in [6.45, 7) is 27.3. The van der Waals surface area contributed by atoms with Crippen molar-refractivity contribution in [1.29, 1.82) is 0 Å². The van der Waals surface area contributed by atoms with Crippen LogP contribution in [0.3, 0.4) is 0 Å². The van der Waals surface area contributed by atoms with Crippen LogP contribution in [-0.4, -0.2) is 27.6 Å². The van der Waals surface area contributed by atoms with E-state index < -0.39 is 0 Å². The van der Waals surface area contributed by atoms with Crippen LogP contribution < -0.4 is 10.2 Å². The smallest absolute Gasteiger partial charge is 0 e. The second kappa shape index (κ2) is 17.8. The molecule has 5 nitrogen and oxygen atoms in total. The first-order valence-electron chi connectivity index (χ1n) is 8.70. The van der Waals surface area contributed by atoms with Crippen molar-refractivity contribution in [2.45, 2.75) is 78.0 Å². The fourth-order valence-corrected chi connectivity index (χ4v) is 6.73. The zero-order valence-electron chi connectivity index (χ0n) is 17.6. The van der Waals surface area contributed by atoms with Gasteiger partial charge in [0.1, 0.15) is 11.6 Å². The molecule has 0 aliphatic rings. The van der Waals surface area contributed by atoms with Gasteiger partial charge in [-0.1, -0.05) is 61.5 Å². The molecule has 0 unspecified atom stereocenters. The SMILES string of the molecule is CC(C)P(Nc1cccc(NP(C(C)C)C(C)C)n1)C(C)C.[C-]#[O+].[C-]#[O+].[Re]. The van der Waals surface area contributed by atoms with Gasteiger partial charge in [-0.25, -0.2) is 4.98 Å². The molecule has 1 aromatic heterocycles. The first-order chi connectivity index (χ1) is 12.2. The van der Waals surface area contributed by atoms with Crippen LogP contribution in [0, 0.1) is 13.3 Å². The third-order valence-corrected chi connectivity index (χ3v) is 8.89. The van der Waals surface area contributed by atoms with Crippen LogP contribution in [0.25, 0.3) is 0 Å². The van der Waals surface area contributed by atoms with Crippen molar-refractivity contribution in [3.05, 3.63) is 31.5 Å². The molecule has 8 heteroatoms. The summed E-state index contributed by atoms with van der Waals surface area (Å²) in [5.41, 5.74) is 2.60. The van der Waals surface area contributed by atoms with E-state index in [0.717, 1.165) is 11.6 Å². The first-order valence-corrected chi connectivity index (χ1v) is 11.7. The van der Waals surface area contributed by atoms with Crippen molar-refractivity contribution >= 4 is 27.8 Å². The summed E-state index contributed by atoms with van der Waals surface area (Å²) in [5, 5.41) is 7.34. The van der Waals surface area contributed by atoms with Gasteiger partial charge in [0.2, 0.25) is 0 Å². The Kier molecular flexibility index (Phi) is 20.8. The molecule has 0 aliphatic carbocycles. The van der Waals surface area contributed by atoms with Crippen molar-refractivity contribution in [2.24, 2.45) is 0 Å². The van der Waals surface area contributed by atoms with Gasteiger partial charge in [0.15, 0.2) is 0 Å². The molecule has 27 heavy (non-hydrogen) atoms. The van der Waals surface area contributed by atoms with Gasteiger partial charge in [0.05, 0.1) is 0 Å². The Morgan fingerprint density at radius 1 is 0.704 bits per heavy atom. The summed E-state index contributed by atoms with van der Waals surface area (Å²) in [4.78, 5) is 4.79. The van der Waals surface area contributed by atoms with E-state index in [2.05, 4.69) is 97.1 Å². The van der Waals surface area contributed by atoms with Crippen molar-refractivity contribution in [3.8, 4) is 0 Å². The number of hydrogen-bond acceptors (Lipinski definition) is 3. The fourth-order valence-electron chi connectivity index (χ4n) is 2.53. The molecule has 0 amide bonds. The Labute approximate surface area is 182 Å². The Hall–Kier alpha value is -0.248. The van der Waals surface area contributed by atoms with Crippen LogP contribution in [0.15, 0.2) is 18.2 Å². The molecule has 1 heterocycles. The Morgan fingerprint density at radius 3 is 1.19 bits per heavy atom. The fraction of sp³-hybridized carbons (Fsp3) is 0.632. The molecule has 0 fully saturated rings. The molecule has 0 saturated heterocycles. The van der Waals surface area contributed by atoms with E-state index in [1.807, 2.05) is 0 Å². The normalized spacial score (nSPS) is 10.1. The molecule has 153 valence electrons. The van der Waals surface area contributed by atoms with Crippen LogP contribution in [-0.2, 0) is 29.7 Å². The number of nitrogens with zero attached hydrogens (tertiary/aromatic N) is 1. The number of pyridine rings is 1. The average Bonchev–Trinajstić information content (AvgIpc) is 2.60. The minimum absolute atomic E-state index is 0. The van der Waals surface area contributed by atoms with Gasteiger partial charge >= 0.3 is 22.6 Å². The molecule has 1 rings (SSSR count). The quantitative estimate of drug-likeness (QED) is 0.216. The van der Waals surface area contributed by atoms with Crippen molar-refractivity contribution in [1.82, 2.24) is 4.98 Å². The number of rotatable bonds is 8. The van der Waals surface area contributed by atoms with E-state index >= 15 is 0 Å². The molecule has 1 radical (unpaired) electrons. The first kappa shape index (κ1) is 31.4. The zero-order chi connectivity index (χ0) is 20.9. The number of aromatic nitrogens is 1. The molecule has 1 aromatic rings. The third-order valence-electron chi connectivity index (χ3n) is 3.46. The van der Waals surface area contributed by atoms with E-state index in [0.29, 0.717) is 22.6 Å². The van der Waals surface area contributed by atoms with Gasteiger partial charge in [-0.2, -0.15) is 0 Å². The molecule has 0 atom stereocenters. The van der Waals surface area contributed by atoms with E-state index in [4.69, 9.17) is 14.3 Å². The van der Waals surface area contributed by atoms with E-state index in [1.54, 1.807) is 0 Å². The van der Waals surface area contributed by atoms with Crippen LogP contribution in [0.2, 0.25) is 0 Å². The summed E-state index contributed by atoms with van der Waals surface area (Å²) in [7, 11) is -0.495. The molecular weight excluding hydrogens is 550 g/mol. The van der Waals surface area contributed by atoms with E-state index in [1.165, 1.54) is 0 Å². The number of nitrogens with one attached hydrogen (secondary N) is 2. The third kappa shape index (κ3) is 12.8. The summed E-state index contributed by atoms with van der Waals surface area (Å²) < 4.78 is 15.0. The molecule has 0 bridgehead atoms. The minimum Gasteiger partial charge on any atom is 0 e. The molecule has 0 spiro atoms. The topological polar surface area (TPSA) is 76.8 Å². The summed E-state index contributed by atoms with van der Waals surface area (Å²) in [5.74, 6) is 2.00. The monoisotopic (exact) mass is 584 g/mol. The summed E-state index contributed by atoms with van der Waals surface area (Å²) >= 11 is 0. The Balaban J connectivity index is -0.00000108. The van der Waals surface area contributed by atoms with Crippen LogP contribution >= 0.6 is 16.1 Å². The maximum Gasteiger partial charge on any atom is 0 e. The van der Waals surface area contributed by atoms with Gasteiger partial charge in [-0.3, -0.25) is 0 Å². The van der Waals surface area contributed by atoms with Crippen molar-refractivity contribution in [2.75, 3.05) is 10.2 Å². The molecule has 0 aliphatic heterocycles. The predicted molar refractivity (Wildman–Crippen MR) is 114 cm³/mol. The molecule has 0 saturated carbocycles. The Morgan fingerprint density at radius 2 is 0.963 bits per heavy atom. The molecule has 2 N–H and O–H groups in total. The van der Waals surface area contributed by atoms with Crippen LogP contribution in [0.5, 0.6) is 0 Å². The van der Waals surface area contributed by atoms with Gasteiger partial charge in [-0.05, 0) is 50.9 Å². The summed E-state index contributed by atoms with van der Waals surface area (Å²) in [6.07, 6.45) is 0. The van der Waals surface area contributed by atoms with Gasteiger partial charge in [0.25, 0.3) is 0 Å². The minimum atomic E-state index is -0.248.